The van der Waals surface area contributed by atoms with Crippen LogP contribution in [0.2, 0.25) is 5.02 Å². The van der Waals surface area contributed by atoms with E-state index in [2.05, 4.69) is 5.32 Å². The van der Waals surface area contributed by atoms with Crippen LogP contribution in [0.5, 0.6) is 0 Å². The van der Waals surface area contributed by atoms with Crippen molar-refractivity contribution in [3.8, 4) is 0 Å². The van der Waals surface area contributed by atoms with Gasteiger partial charge in [0.15, 0.2) is 0 Å². The number of hydrogen-bond donors (Lipinski definition) is 1. The summed E-state index contributed by atoms with van der Waals surface area (Å²) in [6, 6.07) is 10.7. The maximum absolute atomic E-state index is 13.9. The van der Waals surface area contributed by atoms with E-state index in [1.54, 1.807) is 18.2 Å². The van der Waals surface area contributed by atoms with Crippen molar-refractivity contribution in [1.82, 2.24) is 4.90 Å². The van der Waals surface area contributed by atoms with Crippen LogP contribution >= 0.6 is 11.6 Å². The summed E-state index contributed by atoms with van der Waals surface area (Å²) in [4.78, 5) is 26.6. The number of benzene rings is 2. The van der Waals surface area contributed by atoms with Crippen LogP contribution in [0.15, 0.2) is 42.5 Å². The zero-order chi connectivity index (χ0) is 19.4. The summed E-state index contributed by atoms with van der Waals surface area (Å²) in [5.74, 6) is -0.612. The highest BCUT2D eigenvalue weighted by molar-refractivity contribution is 6.31. The maximum Gasteiger partial charge on any atom is 0.294 e. The third-order valence-electron chi connectivity index (χ3n) is 4.36. The molecule has 0 atom stereocenters. The van der Waals surface area contributed by atoms with Gasteiger partial charge in [0, 0.05) is 37.3 Å². The number of piperazine rings is 1. The van der Waals surface area contributed by atoms with Crippen LogP contribution in [0, 0.1) is 15.9 Å². The minimum Gasteiger partial charge on any atom is -0.367 e. The molecule has 0 spiro atoms. The molecule has 2 aromatic rings. The second-order valence-electron chi connectivity index (χ2n) is 6.18. The Morgan fingerprint density at radius 1 is 1.19 bits per heavy atom. The zero-order valence-electron chi connectivity index (χ0n) is 14.4. The molecule has 1 heterocycles. The molecule has 9 heteroatoms. The quantitative estimate of drug-likeness (QED) is 0.624. The van der Waals surface area contributed by atoms with Crippen LogP contribution in [0.4, 0.5) is 21.5 Å². The zero-order valence-corrected chi connectivity index (χ0v) is 15.2. The molecule has 7 nitrogen and oxygen atoms in total. The number of carbonyl (C=O) groups is 1. The van der Waals surface area contributed by atoms with Gasteiger partial charge in [-0.3, -0.25) is 19.8 Å². The first-order chi connectivity index (χ1) is 12.9. The van der Waals surface area contributed by atoms with E-state index in [1.165, 1.54) is 24.3 Å². The fourth-order valence-corrected chi connectivity index (χ4v) is 3.18. The van der Waals surface area contributed by atoms with Crippen molar-refractivity contribution < 1.29 is 14.1 Å². The Kier molecular flexibility index (Phi) is 5.88. The summed E-state index contributed by atoms with van der Waals surface area (Å²) < 4.78 is 13.9. The molecule has 1 aliphatic rings. The molecule has 0 aromatic heterocycles. The molecule has 1 amide bonds. The molecular weight excluding hydrogens is 375 g/mol. The molecule has 1 fully saturated rings. The molecule has 142 valence electrons. The van der Waals surface area contributed by atoms with Crippen molar-refractivity contribution in [2.75, 3.05) is 42.9 Å². The Morgan fingerprint density at radius 3 is 2.56 bits per heavy atom. The highest BCUT2D eigenvalue weighted by atomic mass is 35.5. The lowest BCUT2D eigenvalue weighted by molar-refractivity contribution is -0.383. The molecule has 3 rings (SSSR count). The number of rotatable bonds is 5. The van der Waals surface area contributed by atoms with E-state index in [9.17, 15) is 19.3 Å². The molecule has 0 unspecified atom stereocenters. The van der Waals surface area contributed by atoms with Crippen molar-refractivity contribution in [2.45, 2.75) is 0 Å². The molecule has 27 heavy (non-hydrogen) atoms. The standard InChI is InChI=1S/C18H18ClFN4O3/c19-13-5-6-15(17(11-13)24(26)27)21-18(25)12-22-7-9-23(10-8-22)16-4-2-1-3-14(16)20/h1-6,11H,7-10,12H2,(H,21,25). The van der Waals surface area contributed by atoms with Crippen LogP contribution in [-0.2, 0) is 4.79 Å². The van der Waals surface area contributed by atoms with Crippen molar-refractivity contribution >= 4 is 34.6 Å². The topological polar surface area (TPSA) is 78.7 Å². The van der Waals surface area contributed by atoms with Gasteiger partial charge in [-0.2, -0.15) is 0 Å². The summed E-state index contributed by atoms with van der Waals surface area (Å²) >= 11 is 5.77. The van der Waals surface area contributed by atoms with Crippen LogP contribution < -0.4 is 10.2 Å². The van der Waals surface area contributed by atoms with E-state index in [0.717, 1.165) is 0 Å². The smallest absolute Gasteiger partial charge is 0.294 e. The highest BCUT2D eigenvalue weighted by Gasteiger charge is 2.22. The number of amides is 1. The molecule has 1 saturated heterocycles. The number of carbonyl (C=O) groups excluding carboxylic acids is 1. The number of nitrogens with one attached hydrogen (secondary N) is 1. The SMILES string of the molecule is O=C(CN1CCN(c2ccccc2F)CC1)Nc1ccc(Cl)cc1[N+](=O)[O-]. The van der Waals surface area contributed by atoms with Gasteiger partial charge in [0.2, 0.25) is 5.91 Å². The molecule has 0 radical (unpaired) electrons. The van der Waals surface area contributed by atoms with Crippen molar-refractivity contribution in [3.05, 3.63) is 63.4 Å². The van der Waals surface area contributed by atoms with Gasteiger partial charge in [0.05, 0.1) is 17.2 Å². The molecule has 2 aromatic carbocycles. The van der Waals surface area contributed by atoms with Gasteiger partial charge in [0.25, 0.3) is 5.69 Å². The average Bonchev–Trinajstić information content (AvgIpc) is 2.64. The van der Waals surface area contributed by atoms with Gasteiger partial charge in [-0.05, 0) is 24.3 Å². The minimum atomic E-state index is -0.589. The lowest BCUT2D eigenvalue weighted by Gasteiger charge is -2.35. The third kappa shape index (κ3) is 4.72. The van der Waals surface area contributed by atoms with E-state index in [0.29, 0.717) is 31.9 Å². The fraction of sp³-hybridized carbons (Fsp3) is 0.278. The first kappa shape index (κ1) is 19.1. The van der Waals surface area contributed by atoms with E-state index in [-0.39, 0.29) is 34.7 Å². The van der Waals surface area contributed by atoms with Crippen molar-refractivity contribution in [3.63, 3.8) is 0 Å². The number of hydrogen-bond acceptors (Lipinski definition) is 5. The van der Waals surface area contributed by atoms with Crippen molar-refractivity contribution in [1.29, 1.82) is 0 Å². The summed E-state index contributed by atoms with van der Waals surface area (Å²) in [6.07, 6.45) is 0. The van der Waals surface area contributed by atoms with Gasteiger partial charge >= 0.3 is 0 Å². The first-order valence-corrected chi connectivity index (χ1v) is 8.77. The number of nitro benzene ring substituents is 1. The van der Waals surface area contributed by atoms with E-state index in [1.807, 2.05) is 9.80 Å². The minimum absolute atomic E-state index is 0.102. The van der Waals surface area contributed by atoms with Crippen LogP contribution in [0.25, 0.3) is 0 Å². The predicted octanol–water partition coefficient (Wildman–Crippen LogP) is 3.15. The van der Waals surface area contributed by atoms with Gasteiger partial charge < -0.3 is 10.2 Å². The van der Waals surface area contributed by atoms with Gasteiger partial charge in [0.1, 0.15) is 11.5 Å². The van der Waals surface area contributed by atoms with Crippen LogP contribution in [-0.4, -0.2) is 48.5 Å². The number of halogens is 2. The monoisotopic (exact) mass is 392 g/mol. The third-order valence-corrected chi connectivity index (χ3v) is 4.60. The van der Waals surface area contributed by atoms with Crippen LogP contribution in [0.1, 0.15) is 0 Å². The van der Waals surface area contributed by atoms with E-state index >= 15 is 0 Å². The normalized spacial score (nSPS) is 14.8. The molecule has 1 aliphatic heterocycles. The van der Waals surface area contributed by atoms with E-state index in [4.69, 9.17) is 11.6 Å². The van der Waals surface area contributed by atoms with Crippen LogP contribution in [0.3, 0.4) is 0 Å². The second-order valence-corrected chi connectivity index (χ2v) is 6.62. The van der Waals surface area contributed by atoms with Gasteiger partial charge in [-0.1, -0.05) is 23.7 Å². The molecule has 0 saturated carbocycles. The molecule has 0 aliphatic carbocycles. The number of para-hydroxylation sites is 1. The molecular formula is C18H18ClFN4O3. The lowest BCUT2D eigenvalue weighted by Crippen LogP contribution is -2.48. The van der Waals surface area contributed by atoms with Gasteiger partial charge in [-0.15, -0.1) is 0 Å². The average molecular weight is 393 g/mol. The largest absolute Gasteiger partial charge is 0.367 e. The Labute approximate surface area is 160 Å². The number of nitrogens with zero attached hydrogens (tertiary/aromatic N) is 3. The second kappa shape index (κ2) is 8.32. The summed E-state index contributed by atoms with van der Waals surface area (Å²) in [5.41, 5.74) is 0.415. The Bertz CT molecular complexity index is 856. The summed E-state index contributed by atoms with van der Waals surface area (Å²) in [6.45, 7) is 2.46. The fourth-order valence-electron chi connectivity index (χ4n) is 3.01. The number of nitro groups is 1. The predicted molar refractivity (Wildman–Crippen MR) is 102 cm³/mol. The first-order valence-electron chi connectivity index (χ1n) is 8.39. The summed E-state index contributed by atoms with van der Waals surface area (Å²) in [7, 11) is 0. The number of anilines is 2. The Hall–Kier alpha value is -2.71. The lowest BCUT2D eigenvalue weighted by atomic mass is 10.2. The van der Waals surface area contributed by atoms with E-state index < -0.39 is 4.92 Å². The summed E-state index contributed by atoms with van der Waals surface area (Å²) in [5, 5.41) is 13.9. The van der Waals surface area contributed by atoms with Crippen molar-refractivity contribution in [2.24, 2.45) is 0 Å². The Morgan fingerprint density at radius 2 is 1.89 bits per heavy atom. The van der Waals surface area contributed by atoms with Gasteiger partial charge in [-0.25, -0.2) is 4.39 Å². The Balaban J connectivity index is 1.56. The highest BCUT2D eigenvalue weighted by Crippen LogP contribution is 2.27. The molecule has 0 bridgehead atoms. The molecule has 1 N–H and O–H groups in total. The maximum atomic E-state index is 13.9.